The fourth-order valence-electron chi connectivity index (χ4n) is 3.65. The number of rotatable bonds is 5. The molecule has 0 unspecified atom stereocenters. The van der Waals surface area contributed by atoms with Crippen molar-refractivity contribution in [3.8, 4) is 0 Å². The summed E-state index contributed by atoms with van der Waals surface area (Å²) in [5, 5.41) is 3.11. The summed E-state index contributed by atoms with van der Waals surface area (Å²) in [6, 6.07) is 13.2. The molecule has 2 aromatic rings. The molecular weight excluding hydrogens is 341 g/mol. The summed E-state index contributed by atoms with van der Waals surface area (Å²) in [7, 11) is 0. The number of benzene rings is 2. The van der Waals surface area contributed by atoms with Gasteiger partial charge in [0.15, 0.2) is 0 Å². The van der Waals surface area contributed by atoms with Crippen molar-refractivity contribution in [3.63, 3.8) is 0 Å². The molecule has 5 heteroatoms. The molecule has 1 heterocycles. The molecule has 0 aromatic heterocycles. The van der Waals surface area contributed by atoms with Crippen LogP contribution in [-0.4, -0.2) is 43.5 Å². The Morgan fingerprint density at radius 1 is 1.11 bits per heavy atom. The minimum Gasteiger partial charge on any atom is -0.367 e. The number of para-hydroxylation sites is 1. The van der Waals surface area contributed by atoms with Gasteiger partial charge in [-0.1, -0.05) is 35.9 Å². The van der Waals surface area contributed by atoms with Gasteiger partial charge in [-0.05, 0) is 44.0 Å². The van der Waals surface area contributed by atoms with Crippen LogP contribution in [0.25, 0.3) is 0 Å². The summed E-state index contributed by atoms with van der Waals surface area (Å²) in [6.45, 7) is 9.47. The van der Waals surface area contributed by atoms with E-state index in [4.69, 9.17) is 0 Å². The van der Waals surface area contributed by atoms with E-state index in [1.165, 1.54) is 17.2 Å². The largest absolute Gasteiger partial charge is 0.367 e. The molecule has 1 aliphatic rings. The van der Waals surface area contributed by atoms with E-state index >= 15 is 0 Å². The third-order valence-corrected chi connectivity index (χ3v) is 5.21. The Kier molecular flexibility index (Phi) is 6.11. The minimum atomic E-state index is -0.189. The summed E-state index contributed by atoms with van der Waals surface area (Å²) in [5.41, 5.74) is 4.19. The smallest absolute Gasteiger partial charge is 0.234 e. The van der Waals surface area contributed by atoms with Crippen molar-refractivity contribution in [3.05, 3.63) is 65.0 Å². The highest BCUT2D eigenvalue weighted by Crippen LogP contribution is 2.21. The van der Waals surface area contributed by atoms with Crippen LogP contribution >= 0.6 is 0 Å². The number of carbonyl (C=O) groups excluding carboxylic acids is 1. The zero-order valence-corrected chi connectivity index (χ0v) is 16.3. The molecule has 144 valence electrons. The number of nitrogens with one attached hydrogen (secondary N) is 1. The number of anilines is 1. The van der Waals surface area contributed by atoms with E-state index in [0.717, 1.165) is 31.7 Å². The Hall–Kier alpha value is -2.40. The lowest BCUT2D eigenvalue weighted by Gasteiger charge is -2.36. The highest BCUT2D eigenvalue weighted by Gasteiger charge is 2.21. The van der Waals surface area contributed by atoms with Crippen LogP contribution < -0.4 is 10.2 Å². The molecule has 27 heavy (non-hydrogen) atoms. The Morgan fingerprint density at radius 3 is 2.52 bits per heavy atom. The number of aryl methyl sites for hydroxylation is 2. The number of piperazine rings is 1. The Morgan fingerprint density at radius 2 is 1.81 bits per heavy atom. The van der Waals surface area contributed by atoms with Gasteiger partial charge in [-0.3, -0.25) is 9.69 Å². The summed E-state index contributed by atoms with van der Waals surface area (Å²) in [5.74, 6) is -0.159. The molecule has 3 rings (SSSR count). The second-order valence-electron chi connectivity index (χ2n) is 7.36. The van der Waals surface area contributed by atoms with Gasteiger partial charge < -0.3 is 10.2 Å². The van der Waals surface area contributed by atoms with Crippen molar-refractivity contribution in [2.24, 2.45) is 0 Å². The van der Waals surface area contributed by atoms with Crippen LogP contribution in [0, 0.1) is 19.7 Å². The van der Waals surface area contributed by atoms with Gasteiger partial charge in [0.05, 0.1) is 18.3 Å². The molecule has 0 spiro atoms. The normalized spacial score (nSPS) is 16.2. The molecule has 1 saturated heterocycles. The van der Waals surface area contributed by atoms with Crippen LogP contribution in [0.5, 0.6) is 0 Å². The van der Waals surface area contributed by atoms with Crippen molar-refractivity contribution < 1.29 is 9.18 Å². The van der Waals surface area contributed by atoms with E-state index in [-0.39, 0.29) is 17.8 Å². The summed E-state index contributed by atoms with van der Waals surface area (Å²) in [4.78, 5) is 16.6. The summed E-state index contributed by atoms with van der Waals surface area (Å²) in [6.07, 6.45) is 0. The molecule has 0 saturated carbocycles. The third-order valence-electron chi connectivity index (χ3n) is 5.21. The van der Waals surface area contributed by atoms with E-state index in [1.807, 2.05) is 24.0 Å². The van der Waals surface area contributed by atoms with Crippen molar-refractivity contribution in [2.45, 2.75) is 26.8 Å². The molecule has 1 amide bonds. The predicted molar refractivity (Wildman–Crippen MR) is 108 cm³/mol. The quantitative estimate of drug-likeness (QED) is 0.877. The zero-order chi connectivity index (χ0) is 19.4. The number of hydrogen-bond acceptors (Lipinski definition) is 3. The molecule has 0 radical (unpaired) electrons. The van der Waals surface area contributed by atoms with Gasteiger partial charge in [-0.2, -0.15) is 0 Å². The zero-order valence-electron chi connectivity index (χ0n) is 16.3. The van der Waals surface area contributed by atoms with Gasteiger partial charge in [0.1, 0.15) is 5.82 Å². The second kappa shape index (κ2) is 8.53. The molecule has 0 bridgehead atoms. The minimum absolute atomic E-state index is 0.0166. The molecule has 4 nitrogen and oxygen atoms in total. The number of halogens is 1. The average molecular weight is 369 g/mol. The highest BCUT2D eigenvalue weighted by molar-refractivity contribution is 5.78. The lowest BCUT2D eigenvalue weighted by molar-refractivity contribution is -0.123. The maximum atomic E-state index is 13.9. The van der Waals surface area contributed by atoms with Gasteiger partial charge >= 0.3 is 0 Å². The van der Waals surface area contributed by atoms with Crippen LogP contribution in [0.15, 0.2) is 42.5 Å². The molecule has 1 aliphatic heterocycles. The third kappa shape index (κ3) is 4.86. The van der Waals surface area contributed by atoms with Crippen molar-refractivity contribution >= 4 is 11.6 Å². The number of carbonyl (C=O) groups is 1. The van der Waals surface area contributed by atoms with Gasteiger partial charge in [-0.25, -0.2) is 4.39 Å². The lowest BCUT2D eigenvalue weighted by Crippen LogP contribution is -2.50. The van der Waals surface area contributed by atoms with Gasteiger partial charge in [0.25, 0.3) is 0 Å². The fourth-order valence-corrected chi connectivity index (χ4v) is 3.65. The molecular formula is C22H28FN3O. The van der Waals surface area contributed by atoms with E-state index in [0.29, 0.717) is 12.2 Å². The first-order valence-corrected chi connectivity index (χ1v) is 9.52. The van der Waals surface area contributed by atoms with Gasteiger partial charge in [0.2, 0.25) is 5.91 Å². The molecule has 1 atom stereocenters. The highest BCUT2D eigenvalue weighted by atomic mass is 19.1. The number of hydrogen-bond donors (Lipinski definition) is 1. The van der Waals surface area contributed by atoms with E-state index < -0.39 is 0 Å². The maximum absolute atomic E-state index is 13.9. The summed E-state index contributed by atoms with van der Waals surface area (Å²) < 4.78 is 13.9. The predicted octanol–water partition coefficient (Wildman–Crippen LogP) is 3.44. The first-order chi connectivity index (χ1) is 12.9. The molecule has 0 aliphatic carbocycles. The van der Waals surface area contributed by atoms with E-state index in [9.17, 15) is 9.18 Å². The van der Waals surface area contributed by atoms with Crippen molar-refractivity contribution in [1.82, 2.24) is 10.2 Å². The fraction of sp³-hybridized carbons (Fsp3) is 0.409. The SMILES string of the molecule is Cc1ccc(C)c([C@H](C)NC(=O)CN2CCN(c3ccccc3F)CC2)c1. The van der Waals surface area contributed by atoms with Crippen LogP contribution in [0.4, 0.5) is 10.1 Å². The second-order valence-corrected chi connectivity index (χ2v) is 7.36. The topological polar surface area (TPSA) is 35.6 Å². The number of nitrogens with zero attached hydrogens (tertiary/aromatic N) is 2. The maximum Gasteiger partial charge on any atom is 0.234 e. The lowest BCUT2D eigenvalue weighted by atomic mass is 10.00. The molecule has 1 fully saturated rings. The van der Waals surface area contributed by atoms with Crippen LogP contribution in [0.2, 0.25) is 0 Å². The summed E-state index contributed by atoms with van der Waals surface area (Å²) >= 11 is 0. The Balaban J connectivity index is 1.51. The van der Waals surface area contributed by atoms with Crippen LogP contribution in [-0.2, 0) is 4.79 Å². The number of amides is 1. The van der Waals surface area contributed by atoms with Crippen LogP contribution in [0.3, 0.4) is 0 Å². The first kappa shape index (κ1) is 19.4. The van der Waals surface area contributed by atoms with Gasteiger partial charge in [0, 0.05) is 26.2 Å². The van der Waals surface area contributed by atoms with Gasteiger partial charge in [-0.15, -0.1) is 0 Å². The average Bonchev–Trinajstić information content (AvgIpc) is 2.65. The van der Waals surface area contributed by atoms with Crippen molar-refractivity contribution in [1.29, 1.82) is 0 Å². The van der Waals surface area contributed by atoms with Crippen molar-refractivity contribution in [2.75, 3.05) is 37.6 Å². The Bertz CT molecular complexity index is 800. The molecule has 2 aromatic carbocycles. The van der Waals surface area contributed by atoms with Crippen LogP contribution in [0.1, 0.15) is 29.7 Å². The monoisotopic (exact) mass is 369 g/mol. The van der Waals surface area contributed by atoms with E-state index in [1.54, 1.807) is 6.07 Å². The van der Waals surface area contributed by atoms with E-state index in [2.05, 4.69) is 42.3 Å². The molecule has 1 N–H and O–H groups in total. The Labute approximate surface area is 161 Å². The first-order valence-electron chi connectivity index (χ1n) is 9.52. The standard InChI is InChI=1S/C22H28FN3O/c1-16-8-9-17(2)19(14-16)18(3)24-22(27)15-25-10-12-26(13-11-25)21-7-5-4-6-20(21)23/h4-9,14,18H,10-13,15H2,1-3H3,(H,24,27)/t18-/m0/s1.